The van der Waals surface area contributed by atoms with Crippen LogP contribution in [0.2, 0.25) is 0 Å². The summed E-state index contributed by atoms with van der Waals surface area (Å²) in [6.07, 6.45) is 2.46. The van der Waals surface area contributed by atoms with Crippen molar-refractivity contribution in [1.82, 2.24) is 4.90 Å². The molecule has 1 atom stereocenters. The number of nitrogens with zero attached hydrogens (tertiary/aromatic N) is 1. The highest BCUT2D eigenvalue weighted by atomic mass is 16.4. The van der Waals surface area contributed by atoms with Crippen LogP contribution in [0.4, 0.5) is 0 Å². The number of carboxylic acid groups (broad SMARTS) is 1. The predicted molar refractivity (Wildman–Crippen MR) is 71.5 cm³/mol. The van der Waals surface area contributed by atoms with Crippen LogP contribution in [0.15, 0.2) is 24.3 Å². The van der Waals surface area contributed by atoms with E-state index in [2.05, 4.69) is 0 Å². The molecule has 0 bridgehead atoms. The number of rotatable bonds is 5. The Morgan fingerprint density at radius 1 is 1.44 bits per heavy atom. The molecule has 1 unspecified atom stereocenters. The summed E-state index contributed by atoms with van der Waals surface area (Å²) < 4.78 is 0. The summed E-state index contributed by atoms with van der Waals surface area (Å²) in [5.41, 5.74) is 0.985. The Morgan fingerprint density at radius 3 is 2.56 bits per heavy atom. The van der Waals surface area contributed by atoms with Crippen molar-refractivity contribution in [3.05, 3.63) is 35.4 Å². The van der Waals surface area contributed by atoms with E-state index >= 15 is 0 Å². The number of carbonyl (C=O) groups is 1. The van der Waals surface area contributed by atoms with Crippen LogP contribution in [-0.2, 0) is 10.3 Å². The molecule has 0 amide bonds. The van der Waals surface area contributed by atoms with Gasteiger partial charge in [0.15, 0.2) is 0 Å². The van der Waals surface area contributed by atoms with Crippen molar-refractivity contribution < 1.29 is 9.90 Å². The summed E-state index contributed by atoms with van der Waals surface area (Å²) in [7, 11) is 1.92. The van der Waals surface area contributed by atoms with E-state index in [-0.39, 0.29) is 0 Å². The highest BCUT2D eigenvalue weighted by Gasteiger charge is 2.42. The minimum absolute atomic E-state index is 0.678. The molecule has 18 heavy (non-hydrogen) atoms. The van der Waals surface area contributed by atoms with Gasteiger partial charge in [0, 0.05) is 6.54 Å². The van der Waals surface area contributed by atoms with E-state index in [0.29, 0.717) is 5.92 Å². The van der Waals surface area contributed by atoms with E-state index in [9.17, 15) is 9.90 Å². The smallest absolute Gasteiger partial charge is 0.328 e. The first-order chi connectivity index (χ1) is 8.46. The summed E-state index contributed by atoms with van der Waals surface area (Å²) in [6.45, 7) is 4.64. The molecule has 0 aliphatic heterocycles. The largest absolute Gasteiger partial charge is 0.480 e. The molecule has 0 spiro atoms. The number of carboxylic acids is 1. The predicted octanol–water partition coefficient (Wildman–Crippen LogP) is 2.64. The van der Waals surface area contributed by atoms with E-state index in [4.69, 9.17) is 0 Å². The lowest BCUT2D eigenvalue weighted by Crippen LogP contribution is -2.49. The molecule has 1 fully saturated rings. The zero-order valence-corrected chi connectivity index (χ0v) is 11.3. The number of likely N-dealkylation sites (N-methyl/N-ethyl adjacent to an activating group) is 1. The van der Waals surface area contributed by atoms with Crippen LogP contribution in [0.5, 0.6) is 0 Å². The highest BCUT2D eigenvalue weighted by Crippen LogP contribution is 2.35. The average Bonchev–Trinajstić information content (AvgIpc) is 3.12. The minimum atomic E-state index is -0.937. The van der Waals surface area contributed by atoms with Crippen molar-refractivity contribution in [1.29, 1.82) is 0 Å². The molecule has 1 saturated carbocycles. The maximum atomic E-state index is 11.8. The van der Waals surface area contributed by atoms with Crippen molar-refractivity contribution >= 4 is 5.97 Å². The summed E-state index contributed by atoms with van der Waals surface area (Å²) in [5, 5.41) is 9.67. The van der Waals surface area contributed by atoms with E-state index in [1.807, 2.05) is 43.1 Å². The fraction of sp³-hybridized carbons (Fsp3) is 0.533. The lowest BCUT2D eigenvalue weighted by molar-refractivity contribution is -0.150. The van der Waals surface area contributed by atoms with Crippen molar-refractivity contribution in [2.75, 3.05) is 13.6 Å². The molecule has 3 nitrogen and oxygen atoms in total. The first-order valence-corrected chi connectivity index (χ1v) is 6.47. The standard InChI is InChI=1S/C15H21NO2/c1-11-6-4-5-7-13(11)15(2,14(17)18)16(3)10-12-8-9-12/h4-7,12H,8-10H2,1-3H3,(H,17,18). The van der Waals surface area contributed by atoms with Crippen LogP contribution >= 0.6 is 0 Å². The van der Waals surface area contributed by atoms with Crippen LogP contribution in [0.1, 0.15) is 30.9 Å². The van der Waals surface area contributed by atoms with Crippen LogP contribution in [0, 0.1) is 12.8 Å². The third-order valence-corrected chi connectivity index (χ3v) is 4.08. The molecular formula is C15H21NO2. The van der Waals surface area contributed by atoms with Crippen LogP contribution < -0.4 is 0 Å². The molecule has 0 heterocycles. The van der Waals surface area contributed by atoms with E-state index in [0.717, 1.165) is 17.7 Å². The quantitative estimate of drug-likeness (QED) is 0.869. The van der Waals surface area contributed by atoms with E-state index in [1.165, 1.54) is 12.8 Å². The zero-order chi connectivity index (χ0) is 13.3. The minimum Gasteiger partial charge on any atom is -0.480 e. The first kappa shape index (κ1) is 13.1. The van der Waals surface area contributed by atoms with Gasteiger partial charge in [0.1, 0.15) is 5.54 Å². The molecule has 0 aromatic heterocycles. The molecule has 98 valence electrons. The molecule has 1 aromatic rings. The molecule has 3 heteroatoms. The molecule has 1 aromatic carbocycles. The van der Waals surface area contributed by atoms with Gasteiger partial charge in [0.25, 0.3) is 0 Å². The molecule has 1 aliphatic rings. The maximum absolute atomic E-state index is 11.8. The third-order valence-electron chi connectivity index (χ3n) is 4.08. The number of hydrogen-bond donors (Lipinski definition) is 1. The first-order valence-electron chi connectivity index (χ1n) is 6.47. The topological polar surface area (TPSA) is 40.5 Å². The Balaban J connectivity index is 2.36. The van der Waals surface area contributed by atoms with Crippen molar-refractivity contribution in [3.8, 4) is 0 Å². The highest BCUT2D eigenvalue weighted by molar-refractivity contribution is 5.80. The number of aliphatic carboxylic acids is 1. The molecule has 1 N–H and O–H groups in total. The zero-order valence-electron chi connectivity index (χ0n) is 11.3. The van der Waals surface area contributed by atoms with Crippen LogP contribution in [0.3, 0.4) is 0 Å². The average molecular weight is 247 g/mol. The third kappa shape index (κ3) is 2.27. The molecule has 2 rings (SSSR count). The van der Waals surface area contributed by atoms with E-state index < -0.39 is 11.5 Å². The Morgan fingerprint density at radius 2 is 2.06 bits per heavy atom. The van der Waals surface area contributed by atoms with Gasteiger partial charge < -0.3 is 5.11 Å². The number of aryl methyl sites for hydroxylation is 1. The Kier molecular flexibility index (Phi) is 3.44. The Hall–Kier alpha value is -1.35. The van der Waals surface area contributed by atoms with Gasteiger partial charge in [-0.05, 0) is 50.8 Å². The summed E-state index contributed by atoms with van der Waals surface area (Å²) in [4.78, 5) is 13.8. The Labute approximate surface area is 108 Å². The Bertz CT molecular complexity index is 454. The second kappa shape index (κ2) is 4.73. The van der Waals surface area contributed by atoms with Crippen LogP contribution in [-0.4, -0.2) is 29.6 Å². The second-order valence-corrected chi connectivity index (χ2v) is 5.52. The SMILES string of the molecule is Cc1ccccc1C(C)(C(=O)O)N(C)CC1CC1. The maximum Gasteiger partial charge on any atom is 0.328 e. The van der Waals surface area contributed by atoms with Crippen molar-refractivity contribution in [3.63, 3.8) is 0 Å². The van der Waals surface area contributed by atoms with Gasteiger partial charge in [0.2, 0.25) is 0 Å². The lowest BCUT2D eigenvalue weighted by Gasteiger charge is -2.36. The lowest BCUT2D eigenvalue weighted by atomic mass is 9.87. The van der Waals surface area contributed by atoms with Gasteiger partial charge >= 0.3 is 5.97 Å². The second-order valence-electron chi connectivity index (χ2n) is 5.52. The monoisotopic (exact) mass is 247 g/mol. The van der Waals surface area contributed by atoms with Crippen LogP contribution in [0.25, 0.3) is 0 Å². The summed E-state index contributed by atoms with van der Waals surface area (Å²) in [5.74, 6) is -0.0994. The molecular weight excluding hydrogens is 226 g/mol. The summed E-state index contributed by atoms with van der Waals surface area (Å²) in [6, 6.07) is 7.75. The fourth-order valence-electron chi connectivity index (χ4n) is 2.47. The van der Waals surface area contributed by atoms with Gasteiger partial charge in [-0.3, -0.25) is 4.90 Å². The normalized spacial score (nSPS) is 18.7. The summed E-state index contributed by atoms with van der Waals surface area (Å²) >= 11 is 0. The van der Waals surface area contributed by atoms with Gasteiger partial charge in [-0.2, -0.15) is 0 Å². The van der Waals surface area contributed by atoms with E-state index in [1.54, 1.807) is 6.92 Å². The van der Waals surface area contributed by atoms with Crippen molar-refractivity contribution in [2.24, 2.45) is 5.92 Å². The fourth-order valence-corrected chi connectivity index (χ4v) is 2.47. The van der Waals surface area contributed by atoms with Gasteiger partial charge in [-0.15, -0.1) is 0 Å². The molecule has 0 saturated heterocycles. The number of hydrogen-bond acceptors (Lipinski definition) is 2. The molecule has 0 radical (unpaired) electrons. The van der Waals surface area contributed by atoms with Gasteiger partial charge in [-0.25, -0.2) is 4.79 Å². The number of benzene rings is 1. The molecule has 1 aliphatic carbocycles. The van der Waals surface area contributed by atoms with Crippen molar-refractivity contribution in [2.45, 2.75) is 32.2 Å². The van der Waals surface area contributed by atoms with Gasteiger partial charge in [-0.1, -0.05) is 24.3 Å². The van der Waals surface area contributed by atoms with Gasteiger partial charge in [0.05, 0.1) is 0 Å².